The number of thiophene rings is 1. The van der Waals surface area contributed by atoms with Gasteiger partial charge in [-0.2, -0.15) is 5.26 Å². The van der Waals surface area contributed by atoms with Gasteiger partial charge in [0.25, 0.3) is 5.91 Å². The van der Waals surface area contributed by atoms with Crippen LogP contribution in [0.25, 0.3) is 0 Å². The Labute approximate surface area is 187 Å². The summed E-state index contributed by atoms with van der Waals surface area (Å²) in [5.74, 6) is 0.436. The number of carbonyl (C=O) groups excluding carboxylic acids is 1. The number of thioether (sulfide) groups is 1. The fourth-order valence-electron chi connectivity index (χ4n) is 3.49. The minimum absolute atomic E-state index is 0.177. The van der Waals surface area contributed by atoms with Gasteiger partial charge in [-0.15, -0.1) is 23.1 Å². The third-order valence-electron chi connectivity index (χ3n) is 5.00. The molecule has 1 amide bonds. The number of hydrogen-bond donors (Lipinski definition) is 2. The van der Waals surface area contributed by atoms with Crippen LogP contribution in [0.3, 0.4) is 0 Å². The molecule has 4 nitrogen and oxygen atoms in total. The molecule has 1 aliphatic rings. The topological polar surface area (TPSA) is 64.9 Å². The number of nitrogens with zero attached hydrogens (tertiary/aromatic N) is 1. The first-order valence-corrected chi connectivity index (χ1v) is 12.2. The van der Waals surface area contributed by atoms with Crippen LogP contribution in [0.1, 0.15) is 50.3 Å². The van der Waals surface area contributed by atoms with E-state index in [-0.39, 0.29) is 11.8 Å². The lowest BCUT2D eigenvalue weighted by Gasteiger charge is -2.29. The van der Waals surface area contributed by atoms with Crippen molar-refractivity contribution >= 4 is 34.7 Å². The lowest BCUT2D eigenvalue weighted by molar-refractivity contribution is -0.113. The van der Waals surface area contributed by atoms with Crippen molar-refractivity contribution in [2.75, 3.05) is 11.1 Å². The molecule has 1 aromatic heterocycles. The summed E-state index contributed by atoms with van der Waals surface area (Å²) in [4.78, 5) is 14.2. The molecule has 30 heavy (non-hydrogen) atoms. The van der Waals surface area contributed by atoms with Crippen molar-refractivity contribution in [3.05, 3.63) is 74.6 Å². The van der Waals surface area contributed by atoms with Gasteiger partial charge in [-0.3, -0.25) is 4.79 Å². The molecule has 0 radical (unpaired) electrons. The van der Waals surface area contributed by atoms with Gasteiger partial charge in [0, 0.05) is 21.8 Å². The number of dihydropyridines is 1. The summed E-state index contributed by atoms with van der Waals surface area (Å²) in [5.41, 5.74) is 2.78. The number of anilines is 1. The number of carbonyl (C=O) groups is 1. The quantitative estimate of drug-likeness (QED) is 0.446. The van der Waals surface area contributed by atoms with Crippen molar-refractivity contribution < 1.29 is 4.79 Å². The Hall–Kier alpha value is -2.49. The molecule has 1 unspecified atom stereocenters. The molecular formula is C24H27N3OS2. The summed E-state index contributed by atoms with van der Waals surface area (Å²) < 4.78 is 0. The van der Waals surface area contributed by atoms with Crippen molar-refractivity contribution in [1.82, 2.24) is 5.32 Å². The normalized spacial score (nSPS) is 16.2. The number of benzene rings is 1. The number of allylic oxidation sites excluding steroid dienone is 2. The van der Waals surface area contributed by atoms with Crippen LogP contribution >= 0.6 is 23.1 Å². The van der Waals surface area contributed by atoms with E-state index in [1.807, 2.05) is 54.8 Å². The molecule has 1 aliphatic heterocycles. The fraction of sp³-hybridized carbons (Fsp3) is 0.333. The Balaban J connectivity index is 1.88. The predicted molar refractivity (Wildman–Crippen MR) is 127 cm³/mol. The molecule has 2 heterocycles. The van der Waals surface area contributed by atoms with Crippen LogP contribution in [0.15, 0.2) is 69.7 Å². The molecule has 0 saturated carbocycles. The summed E-state index contributed by atoms with van der Waals surface area (Å²) in [6.07, 6.45) is 4.76. The van der Waals surface area contributed by atoms with Crippen LogP contribution < -0.4 is 10.6 Å². The number of unbranched alkanes of at least 4 members (excludes halogenated alkanes) is 3. The summed E-state index contributed by atoms with van der Waals surface area (Å²) in [5, 5.41) is 19.3. The number of hydrogen-bond acceptors (Lipinski definition) is 5. The summed E-state index contributed by atoms with van der Waals surface area (Å²) in [7, 11) is 0. The maximum atomic E-state index is 13.2. The van der Waals surface area contributed by atoms with Crippen molar-refractivity contribution in [2.24, 2.45) is 0 Å². The standard InChI is InChI=1S/C24H27N3OS2/c1-3-4-5-9-14-30-24-19(16-25)22(20-13-10-15-29-20)21(17(2)26-24)23(28)27-18-11-7-6-8-12-18/h6-8,10-13,15,22,26H,3-5,9,14H2,1-2H3,(H,27,28). The average Bonchev–Trinajstić information content (AvgIpc) is 3.28. The molecule has 3 rings (SSSR count). The first kappa shape index (κ1) is 22.2. The average molecular weight is 438 g/mol. The van der Waals surface area contributed by atoms with Gasteiger partial charge in [-0.05, 0) is 42.7 Å². The van der Waals surface area contributed by atoms with E-state index in [1.54, 1.807) is 23.1 Å². The molecule has 156 valence electrons. The Bertz CT molecular complexity index is 956. The van der Waals surface area contributed by atoms with E-state index in [0.717, 1.165) is 33.5 Å². The number of rotatable bonds is 9. The van der Waals surface area contributed by atoms with Crippen molar-refractivity contribution in [1.29, 1.82) is 5.26 Å². The zero-order valence-corrected chi connectivity index (χ0v) is 19.0. The van der Waals surface area contributed by atoms with E-state index in [2.05, 4.69) is 23.6 Å². The third kappa shape index (κ3) is 5.35. The zero-order chi connectivity index (χ0) is 21.3. The number of nitriles is 1. The van der Waals surface area contributed by atoms with Gasteiger partial charge in [0.05, 0.1) is 22.6 Å². The molecule has 2 aromatic rings. The largest absolute Gasteiger partial charge is 0.353 e. The molecule has 0 spiro atoms. The van der Waals surface area contributed by atoms with Gasteiger partial charge < -0.3 is 10.6 Å². The second kappa shape index (κ2) is 11.1. The van der Waals surface area contributed by atoms with E-state index in [0.29, 0.717) is 11.1 Å². The van der Waals surface area contributed by atoms with Gasteiger partial charge in [0.15, 0.2) is 0 Å². The van der Waals surface area contributed by atoms with E-state index in [9.17, 15) is 10.1 Å². The third-order valence-corrected chi connectivity index (χ3v) is 7.04. The maximum Gasteiger partial charge on any atom is 0.254 e. The van der Waals surface area contributed by atoms with Gasteiger partial charge in [0.2, 0.25) is 0 Å². The van der Waals surface area contributed by atoms with Crippen molar-refractivity contribution in [3.8, 4) is 6.07 Å². The highest BCUT2D eigenvalue weighted by Gasteiger charge is 2.35. The van der Waals surface area contributed by atoms with Crippen LogP contribution in [0, 0.1) is 11.3 Å². The molecule has 1 aromatic carbocycles. The molecule has 0 aliphatic carbocycles. The minimum Gasteiger partial charge on any atom is -0.353 e. The Morgan fingerprint density at radius 1 is 1.20 bits per heavy atom. The van der Waals surface area contributed by atoms with Crippen molar-refractivity contribution in [3.63, 3.8) is 0 Å². The molecule has 2 N–H and O–H groups in total. The minimum atomic E-state index is -0.349. The number of amides is 1. The summed E-state index contributed by atoms with van der Waals surface area (Å²) >= 11 is 3.27. The van der Waals surface area contributed by atoms with Gasteiger partial charge >= 0.3 is 0 Å². The highest BCUT2D eigenvalue weighted by Crippen LogP contribution is 2.42. The predicted octanol–water partition coefficient (Wildman–Crippen LogP) is 6.40. The SMILES string of the molecule is CCCCCCSC1=C(C#N)C(c2cccs2)C(C(=O)Nc2ccccc2)=C(C)N1. The Kier molecular flexibility index (Phi) is 8.18. The molecule has 0 saturated heterocycles. The molecule has 6 heteroatoms. The van der Waals surface area contributed by atoms with Crippen LogP contribution in [0.5, 0.6) is 0 Å². The van der Waals surface area contributed by atoms with Gasteiger partial charge in [-0.1, -0.05) is 50.5 Å². The molecule has 1 atom stereocenters. The number of nitrogens with one attached hydrogen (secondary N) is 2. The fourth-order valence-corrected chi connectivity index (χ4v) is 5.43. The van der Waals surface area contributed by atoms with E-state index in [1.165, 1.54) is 19.3 Å². The second-order valence-electron chi connectivity index (χ2n) is 7.20. The highest BCUT2D eigenvalue weighted by molar-refractivity contribution is 8.03. The first-order chi connectivity index (χ1) is 14.7. The van der Waals surface area contributed by atoms with E-state index >= 15 is 0 Å². The second-order valence-corrected chi connectivity index (χ2v) is 9.28. The lowest BCUT2D eigenvalue weighted by Crippen LogP contribution is -2.30. The highest BCUT2D eigenvalue weighted by atomic mass is 32.2. The smallest absolute Gasteiger partial charge is 0.254 e. The van der Waals surface area contributed by atoms with Gasteiger partial charge in [-0.25, -0.2) is 0 Å². The lowest BCUT2D eigenvalue weighted by atomic mass is 9.86. The van der Waals surface area contributed by atoms with Gasteiger partial charge in [0.1, 0.15) is 0 Å². The van der Waals surface area contributed by atoms with E-state index < -0.39 is 0 Å². The van der Waals surface area contributed by atoms with Crippen LogP contribution in [0.2, 0.25) is 0 Å². The molecule has 0 fully saturated rings. The Morgan fingerprint density at radius 3 is 2.67 bits per heavy atom. The summed E-state index contributed by atoms with van der Waals surface area (Å²) in [6, 6.07) is 15.8. The molecular weight excluding hydrogens is 410 g/mol. The zero-order valence-electron chi connectivity index (χ0n) is 17.4. The maximum absolute atomic E-state index is 13.2. The van der Waals surface area contributed by atoms with Crippen LogP contribution in [0.4, 0.5) is 5.69 Å². The van der Waals surface area contributed by atoms with Crippen LogP contribution in [-0.2, 0) is 4.79 Å². The monoisotopic (exact) mass is 437 g/mol. The van der Waals surface area contributed by atoms with Crippen molar-refractivity contribution in [2.45, 2.75) is 45.4 Å². The number of para-hydroxylation sites is 1. The summed E-state index contributed by atoms with van der Waals surface area (Å²) in [6.45, 7) is 4.13. The van der Waals surface area contributed by atoms with E-state index in [4.69, 9.17) is 0 Å². The Morgan fingerprint density at radius 2 is 2.00 bits per heavy atom. The molecule has 0 bridgehead atoms. The first-order valence-electron chi connectivity index (χ1n) is 10.3. The van der Waals surface area contributed by atoms with Crippen LogP contribution in [-0.4, -0.2) is 11.7 Å².